The third-order valence-corrected chi connectivity index (χ3v) is 4.55. The van der Waals surface area contributed by atoms with Gasteiger partial charge in [0.15, 0.2) is 5.69 Å². The molecule has 1 aliphatic heterocycles. The van der Waals surface area contributed by atoms with Crippen molar-refractivity contribution in [1.82, 2.24) is 14.7 Å². The van der Waals surface area contributed by atoms with Gasteiger partial charge in [-0.3, -0.25) is 4.79 Å². The molecule has 2 heterocycles. The number of piperidine rings is 1. The molecule has 6 nitrogen and oxygen atoms in total. The highest BCUT2D eigenvalue weighted by atomic mass is 16.5. The lowest BCUT2D eigenvalue weighted by molar-refractivity contribution is 0.0616. The Morgan fingerprint density at radius 1 is 1.38 bits per heavy atom. The molecule has 1 saturated heterocycles. The first-order chi connectivity index (χ1) is 11.6. The lowest BCUT2D eigenvalue weighted by Gasteiger charge is -2.34. The van der Waals surface area contributed by atoms with Crippen LogP contribution in [-0.4, -0.2) is 46.8 Å². The van der Waals surface area contributed by atoms with Crippen LogP contribution in [0.4, 0.5) is 0 Å². The maximum atomic E-state index is 12.8. The van der Waals surface area contributed by atoms with Crippen molar-refractivity contribution >= 4 is 5.91 Å². The Bertz CT molecular complexity index is 726. The van der Waals surface area contributed by atoms with Crippen molar-refractivity contribution in [2.75, 3.05) is 20.2 Å². The predicted molar refractivity (Wildman–Crippen MR) is 92.6 cm³/mol. The maximum Gasteiger partial charge on any atom is 0.274 e. The molecule has 1 aliphatic rings. The lowest BCUT2D eigenvalue weighted by Crippen LogP contribution is -2.47. The quantitative estimate of drug-likeness (QED) is 0.933. The zero-order valence-corrected chi connectivity index (χ0v) is 14.2. The van der Waals surface area contributed by atoms with E-state index in [1.807, 2.05) is 30.0 Å². The second-order valence-corrected chi connectivity index (χ2v) is 6.20. The van der Waals surface area contributed by atoms with Crippen molar-refractivity contribution in [2.24, 2.45) is 5.73 Å². The van der Waals surface area contributed by atoms with E-state index in [0.29, 0.717) is 12.2 Å². The fourth-order valence-corrected chi connectivity index (χ4v) is 3.21. The van der Waals surface area contributed by atoms with Crippen LogP contribution in [-0.2, 0) is 0 Å². The minimum absolute atomic E-state index is 0.0458. The van der Waals surface area contributed by atoms with Gasteiger partial charge >= 0.3 is 0 Å². The summed E-state index contributed by atoms with van der Waals surface area (Å²) in [5.41, 5.74) is 8.20. The summed E-state index contributed by atoms with van der Waals surface area (Å²) in [5.74, 6) is 0.677. The molecule has 1 aromatic carbocycles. The molecule has 0 spiro atoms. The van der Waals surface area contributed by atoms with Crippen LogP contribution in [0.25, 0.3) is 5.69 Å². The molecule has 1 fully saturated rings. The molecule has 1 atom stereocenters. The molecule has 128 valence electrons. The maximum absolute atomic E-state index is 12.8. The minimum atomic E-state index is -0.0458. The number of carbonyl (C=O) groups excluding carboxylic acids is 1. The number of rotatable bonds is 4. The number of methoxy groups -OCH3 is 1. The minimum Gasteiger partial charge on any atom is -0.494 e. The Kier molecular flexibility index (Phi) is 4.85. The van der Waals surface area contributed by atoms with Crippen molar-refractivity contribution < 1.29 is 9.53 Å². The van der Waals surface area contributed by atoms with E-state index in [2.05, 4.69) is 5.10 Å². The predicted octanol–water partition coefficient (Wildman–Crippen LogP) is 2.14. The number of nitrogens with zero attached hydrogens (tertiary/aromatic N) is 3. The number of aryl methyl sites for hydroxylation is 1. The molecule has 24 heavy (non-hydrogen) atoms. The van der Waals surface area contributed by atoms with Crippen molar-refractivity contribution in [1.29, 1.82) is 0 Å². The first-order valence-electron chi connectivity index (χ1n) is 8.35. The van der Waals surface area contributed by atoms with E-state index in [9.17, 15) is 4.79 Å². The molecule has 2 N–H and O–H groups in total. The van der Waals surface area contributed by atoms with Gasteiger partial charge in [0.1, 0.15) is 11.4 Å². The number of hydrogen-bond donors (Lipinski definition) is 1. The van der Waals surface area contributed by atoms with Crippen LogP contribution in [0.3, 0.4) is 0 Å². The van der Waals surface area contributed by atoms with Crippen molar-refractivity contribution in [2.45, 2.75) is 32.2 Å². The molecule has 1 aromatic heterocycles. The Hall–Kier alpha value is -2.34. The molecule has 0 saturated carbocycles. The van der Waals surface area contributed by atoms with E-state index in [-0.39, 0.29) is 11.9 Å². The van der Waals surface area contributed by atoms with Gasteiger partial charge in [0.05, 0.1) is 7.11 Å². The topological polar surface area (TPSA) is 73.4 Å². The fourth-order valence-electron chi connectivity index (χ4n) is 3.21. The monoisotopic (exact) mass is 328 g/mol. The number of ether oxygens (including phenoxy) is 1. The summed E-state index contributed by atoms with van der Waals surface area (Å²) in [5, 5.41) is 4.48. The summed E-state index contributed by atoms with van der Waals surface area (Å²) in [7, 11) is 1.63. The Morgan fingerprint density at radius 2 is 2.21 bits per heavy atom. The van der Waals surface area contributed by atoms with Gasteiger partial charge in [0.2, 0.25) is 0 Å². The highest BCUT2D eigenvalue weighted by molar-refractivity contribution is 5.92. The van der Waals surface area contributed by atoms with Crippen molar-refractivity contribution in [3.05, 3.63) is 41.7 Å². The normalized spacial score (nSPS) is 17.8. The molecule has 3 rings (SSSR count). The highest BCUT2D eigenvalue weighted by Gasteiger charge is 2.27. The smallest absolute Gasteiger partial charge is 0.274 e. The van der Waals surface area contributed by atoms with E-state index in [1.165, 1.54) is 0 Å². The largest absolute Gasteiger partial charge is 0.494 e. The first kappa shape index (κ1) is 16.5. The zero-order chi connectivity index (χ0) is 17.1. The molecule has 0 radical (unpaired) electrons. The molecule has 1 amide bonds. The van der Waals surface area contributed by atoms with Crippen LogP contribution in [0.1, 0.15) is 35.3 Å². The third-order valence-electron chi connectivity index (χ3n) is 4.55. The average molecular weight is 328 g/mol. The number of amides is 1. The van der Waals surface area contributed by atoms with E-state index in [0.717, 1.165) is 42.8 Å². The number of carbonyl (C=O) groups is 1. The van der Waals surface area contributed by atoms with Crippen LogP contribution in [0.5, 0.6) is 5.75 Å². The summed E-state index contributed by atoms with van der Waals surface area (Å²) in [6.45, 7) is 3.26. The van der Waals surface area contributed by atoms with Crippen molar-refractivity contribution in [3.8, 4) is 11.4 Å². The Morgan fingerprint density at radius 3 is 2.96 bits per heavy atom. The molecule has 0 aliphatic carbocycles. The van der Waals surface area contributed by atoms with E-state index in [4.69, 9.17) is 10.5 Å². The molecule has 0 bridgehead atoms. The summed E-state index contributed by atoms with van der Waals surface area (Å²) < 4.78 is 7.10. The molecular weight excluding hydrogens is 304 g/mol. The molecule has 0 unspecified atom stereocenters. The second-order valence-electron chi connectivity index (χ2n) is 6.20. The van der Waals surface area contributed by atoms with Gasteiger partial charge in [0.25, 0.3) is 5.91 Å². The summed E-state index contributed by atoms with van der Waals surface area (Å²) >= 11 is 0. The van der Waals surface area contributed by atoms with Gasteiger partial charge in [-0.2, -0.15) is 5.10 Å². The average Bonchev–Trinajstić information content (AvgIpc) is 3.11. The summed E-state index contributed by atoms with van der Waals surface area (Å²) in [6, 6.07) is 7.75. The molecule has 6 heteroatoms. The highest BCUT2D eigenvalue weighted by Crippen LogP contribution is 2.24. The number of benzene rings is 1. The Balaban J connectivity index is 1.88. The first-order valence-corrected chi connectivity index (χ1v) is 8.35. The van der Waals surface area contributed by atoms with Gasteiger partial charge in [0, 0.05) is 25.3 Å². The summed E-state index contributed by atoms with van der Waals surface area (Å²) in [4.78, 5) is 14.7. The van der Waals surface area contributed by atoms with E-state index >= 15 is 0 Å². The third kappa shape index (κ3) is 3.14. The summed E-state index contributed by atoms with van der Waals surface area (Å²) in [6.07, 6.45) is 4.91. The number of likely N-dealkylation sites (tertiary alicyclic amines) is 1. The zero-order valence-electron chi connectivity index (χ0n) is 14.2. The van der Waals surface area contributed by atoms with Gasteiger partial charge in [-0.1, -0.05) is 6.07 Å². The number of hydrogen-bond acceptors (Lipinski definition) is 4. The van der Waals surface area contributed by atoms with Crippen LogP contribution in [0.15, 0.2) is 30.5 Å². The van der Waals surface area contributed by atoms with E-state index < -0.39 is 0 Å². The van der Waals surface area contributed by atoms with Crippen LogP contribution in [0.2, 0.25) is 0 Å². The lowest BCUT2D eigenvalue weighted by atomic mass is 10.0. The standard InChI is InChI=1S/C18H24N4O2/c1-13-6-7-17(24-2)16(11-13)22-10-8-15(20-22)18(23)21-9-4-3-5-14(21)12-19/h6-8,10-11,14H,3-5,9,12,19H2,1-2H3/t14-/m1/s1. The van der Waals surface area contributed by atoms with Gasteiger partial charge in [-0.25, -0.2) is 4.68 Å². The Labute approximate surface area is 142 Å². The molecular formula is C18H24N4O2. The van der Waals surface area contributed by atoms with Crippen LogP contribution in [0, 0.1) is 6.92 Å². The van der Waals surface area contributed by atoms with Crippen LogP contribution < -0.4 is 10.5 Å². The van der Waals surface area contributed by atoms with Gasteiger partial charge < -0.3 is 15.4 Å². The SMILES string of the molecule is COc1ccc(C)cc1-n1ccc(C(=O)N2CCCC[C@@H]2CN)n1. The fraction of sp³-hybridized carbons (Fsp3) is 0.444. The van der Waals surface area contributed by atoms with E-state index in [1.54, 1.807) is 24.1 Å². The number of nitrogens with two attached hydrogens (primary N) is 1. The molecule has 2 aromatic rings. The van der Waals surface area contributed by atoms with Crippen LogP contribution >= 0.6 is 0 Å². The second kappa shape index (κ2) is 7.05. The van der Waals surface area contributed by atoms with Crippen molar-refractivity contribution in [3.63, 3.8) is 0 Å². The van der Waals surface area contributed by atoms with Gasteiger partial charge in [-0.05, 0) is 49.9 Å². The number of aromatic nitrogens is 2. The van der Waals surface area contributed by atoms with Gasteiger partial charge in [-0.15, -0.1) is 0 Å².